The molecule has 0 saturated heterocycles. The predicted octanol–water partition coefficient (Wildman–Crippen LogP) is 3.35. The Morgan fingerprint density at radius 1 is 1.30 bits per heavy atom. The van der Waals surface area contributed by atoms with E-state index < -0.39 is 5.82 Å². The van der Waals surface area contributed by atoms with Gasteiger partial charge >= 0.3 is 0 Å². The van der Waals surface area contributed by atoms with E-state index in [4.69, 9.17) is 9.26 Å². The third kappa shape index (κ3) is 3.87. The van der Waals surface area contributed by atoms with Crippen LogP contribution in [0.25, 0.3) is 11.3 Å². The van der Waals surface area contributed by atoms with E-state index in [9.17, 15) is 9.18 Å². The zero-order valence-electron chi connectivity index (χ0n) is 18.1. The molecule has 0 aliphatic rings. The Bertz CT molecular complexity index is 1060. The molecule has 0 fully saturated rings. The fourth-order valence-electron chi connectivity index (χ4n) is 3.26. The predicted molar refractivity (Wildman–Crippen MR) is 111 cm³/mol. The number of aryl methyl sites for hydroxylation is 1. The molecule has 0 spiro atoms. The highest BCUT2D eigenvalue weighted by atomic mass is 19.1. The first-order valence-corrected chi connectivity index (χ1v) is 9.56. The number of ether oxygens (including phenoxy) is 1. The lowest BCUT2D eigenvalue weighted by atomic mass is 10.1. The molecule has 2 aromatic heterocycles. The third-order valence-corrected chi connectivity index (χ3v) is 4.98. The lowest BCUT2D eigenvalue weighted by Gasteiger charge is -2.19. The lowest BCUT2D eigenvalue weighted by Crippen LogP contribution is -2.28. The van der Waals surface area contributed by atoms with Gasteiger partial charge in [-0.1, -0.05) is 5.16 Å². The summed E-state index contributed by atoms with van der Waals surface area (Å²) in [5, 5.41) is 8.41. The fourth-order valence-corrected chi connectivity index (χ4v) is 3.26. The first kappa shape index (κ1) is 21.4. The average Bonchev–Trinajstić information content (AvgIpc) is 3.32. The second-order valence-corrected chi connectivity index (χ2v) is 7.19. The number of methoxy groups -OCH3 is 1. The summed E-state index contributed by atoms with van der Waals surface area (Å²) < 4.78 is 26.3. The van der Waals surface area contributed by atoms with E-state index in [0.29, 0.717) is 23.5 Å². The maximum Gasteiger partial charge on any atom is 0.261 e. The Morgan fingerprint density at radius 2 is 2.03 bits per heavy atom. The summed E-state index contributed by atoms with van der Waals surface area (Å²) in [4.78, 5) is 16.7. The van der Waals surface area contributed by atoms with Crippen LogP contribution in [0.4, 0.5) is 10.2 Å². The van der Waals surface area contributed by atoms with Gasteiger partial charge in [0, 0.05) is 51.1 Å². The van der Waals surface area contributed by atoms with Crippen molar-refractivity contribution >= 4 is 11.7 Å². The Labute approximate surface area is 174 Å². The van der Waals surface area contributed by atoms with E-state index in [1.165, 1.54) is 25.3 Å². The first-order chi connectivity index (χ1) is 14.3. The molecule has 0 atom stereocenters. The highest BCUT2D eigenvalue weighted by Crippen LogP contribution is 2.34. The van der Waals surface area contributed by atoms with Gasteiger partial charge in [0.05, 0.1) is 13.3 Å². The molecule has 3 rings (SSSR count). The van der Waals surface area contributed by atoms with Gasteiger partial charge in [0.1, 0.15) is 5.56 Å². The minimum Gasteiger partial charge on any atom is -0.494 e. The summed E-state index contributed by atoms with van der Waals surface area (Å²) in [7, 11) is 6.65. The number of benzene rings is 1. The largest absolute Gasteiger partial charge is 0.494 e. The number of halogens is 1. The Hall–Kier alpha value is -3.36. The molecule has 0 saturated carbocycles. The van der Waals surface area contributed by atoms with Gasteiger partial charge in [0.15, 0.2) is 23.1 Å². The molecule has 0 aliphatic heterocycles. The van der Waals surface area contributed by atoms with Gasteiger partial charge in [0.25, 0.3) is 5.91 Å². The van der Waals surface area contributed by atoms with Gasteiger partial charge in [-0.25, -0.2) is 4.39 Å². The molecule has 0 N–H and O–H groups in total. The molecule has 3 aromatic rings. The van der Waals surface area contributed by atoms with E-state index in [0.717, 1.165) is 17.8 Å². The summed E-state index contributed by atoms with van der Waals surface area (Å²) in [6, 6.07) is 4.29. The van der Waals surface area contributed by atoms with Crippen LogP contribution in [0.1, 0.15) is 28.5 Å². The van der Waals surface area contributed by atoms with Crippen LogP contribution in [0.15, 0.2) is 28.9 Å². The second kappa shape index (κ2) is 8.56. The van der Waals surface area contributed by atoms with Gasteiger partial charge < -0.3 is 19.1 Å². The Balaban J connectivity index is 2.00. The molecule has 9 heteroatoms. The van der Waals surface area contributed by atoms with Crippen LogP contribution in [-0.4, -0.2) is 54.0 Å². The molecular weight excluding hydrogens is 389 g/mol. The van der Waals surface area contributed by atoms with Crippen LogP contribution >= 0.6 is 0 Å². The Kier molecular flexibility index (Phi) is 6.09. The van der Waals surface area contributed by atoms with Crippen molar-refractivity contribution in [2.24, 2.45) is 0 Å². The SMILES string of the molecule is CCn1ncc(CN(C)C(=O)c2c(N(C)C)noc2-c2ccc(F)c(OC)c2)c1C. The van der Waals surface area contributed by atoms with Gasteiger partial charge in [-0.05, 0) is 32.0 Å². The zero-order chi connectivity index (χ0) is 22.0. The summed E-state index contributed by atoms with van der Waals surface area (Å²) in [6.07, 6.45) is 1.77. The number of anilines is 1. The van der Waals surface area contributed by atoms with Gasteiger partial charge in [0.2, 0.25) is 0 Å². The van der Waals surface area contributed by atoms with Crippen LogP contribution in [-0.2, 0) is 13.1 Å². The standard InChI is InChI=1S/C21H26FN5O3/c1-7-27-13(2)15(11-23-27)12-26(5)21(28)18-19(30-24-20(18)25(3)4)14-8-9-16(22)17(10-14)29-6/h8-11H,7,12H2,1-6H3. The number of carbonyl (C=O) groups is 1. The van der Waals surface area contributed by atoms with Crippen LogP contribution in [0.5, 0.6) is 5.75 Å². The van der Waals surface area contributed by atoms with Crippen molar-refractivity contribution in [1.82, 2.24) is 19.8 Å². The molecule has 0 bridgehead atoms. The summed E-state index contributed by atoms with van der Waals surface area (Å²) in [5.41, 5.74) is 2.77. The number of rotatable bonds is 7. The molecule has 0 unspecified atom stereocenters. The number of carbonyl (C=O) groups excluding carboxylic acids is 1. The highest BCUT2D eigenvalue weighted by molar-refractivity contribution is 6.04. The molecule has 2 heterocycles. The molecule has 0 aliphatic carbocycles. The van der Waals surface area contributed by atoms with Crippen molar-refractivity contribution in [2.75, 3.05) is 33.2 Å². The Morgan fingerprint density at radius 3 is 2.63 bits per heavy atom. The molecule has 1 aromatic carbocycles. The number of hydrogen-bond acceptors (Lipinski definition) is 6. The summed E-state index contributed by atoms with van der Waals surface area (Å²) >= 11 is 0. The summed E-state index contributed by atoms with van der Waals surface area (Å²) in [5.74, 6) is -0.0468. The lowest BCUT2D eigenvalue weighted by molar-refractivity contribution is 0.0785. The number of nitrogens with zero attached hydrogens (tertiary/aromatic N) is 5. The van der Waals surface area contributed by atoms with Crippen molar-refractivity contribution in [3.8, 4) is 17.1 Å². The summed E-state index contributed by atoms with van der Waals surface area (Å²) in [6.45, 7) is 5.14. The van der Waals surface area contributed by atoms with Crippen LogP contribution in [0, 0.1) is 12.7 Å². The molecule has 1 amide bonds. The van der Waals surface area contributed by atoms with Crippen molar-refractivity contribution in [3.05, 3.63) is 47.0 Å². The molecule has 0 radical (unpaired) electrons. The number of amides is 1. The maximum atomic E-state index is 13.9. The van der Waals surface area contributed by atoms with Gasteiger partial charge in [-0.2, -0.15) is 5.10 Å². The fraction of sp³-hybridized carbons (Fsp3) is 0.381. The average molecular weight is 415 g/mol. The van der Waals surface area contributed by atoms with Crippen molar-refractivity contribution in [1.29, 1.82) is 0 Å². The number of hydrogen-bond donors (Lipinski definition) is 0. The first-order valence-electron chi connectivity index (χ1n) is 9.56. The van der Waals surface area contributed by atoms with Crippen LogP contribution in [0.2, 0.25) is 0 Å². The topological polar surface area (TPSA) is 76.6 Å². The monoisotopic (exact) mass is 415 g/mol. The normalized spacial score (nSPS) is 10.9. The third-order valence-electron chi connectivity index (χ3n) is 4.98. The van der Waals surface area contributed by atoms with Crippen LogP contribution < -0.4 is 9.64 Å². The van der Waals surface area contributed by atoms with E-state index in [1.807, 2.05) is 18.5 Å². The van der Waals surface area contributed by atoms with Crippen molar-refractivity contribution in [2.45, 2.75) is 26.9 Å². The van der Waals surface area contributed by atoms with Gasteiger partial charge in [-0.15, -0.1) is 0 Å². The smallest absolute Gasteiger partial charge is 0.261 e. The quantitative estimate of drug-likeness (QED) is 0.589. The molecule has 8 nitrogen and oxygen atoms in total. The van der Waals surface area contributed by atoms with E-state index >= 15 is 0 Å². The van der Waals surface area contributed by atoms with E-state index in [2.05, 4.69) is 10.3 Å². The van der Waals surface area contributed by atoms with Gasteiger partial charge in [-0.3, -0.25) is 9.48 Å². The zero-order valence-corrected chi connectivity index (χ0v) is 18.1. The molecule has 160 valence electrons. The van der Waals surface area contributed by atoms with Crippen LogP contribution in [0.3, 0.4) is 0 Å². The minimum absolute atomic E-state index is 0.0599. The minimum atomic E-state index is -0.498. The van der Waals surface area contributed by atoms with Crippen molar-refractivity contribution in [3.63, 3.8) is 0 Å². The maximum absolute atomic E-state index is 13.9. The second-order valence-electron chi connectivity index (χ2n) is 7.19. The van der Waals surface area contributed by atoms with E-state index in [1.54, 1.807) is 37.1 Å². The number of aromatic nitrogens is 3. The van der Waals surface area contributed by atoms with E-state index in [-0.39, 0.29) is 17.4 Å². The highest BCUT2D eigenvalue weighted by Gasteiger charge is 2.28. The molecular formula is C21H26FN5O3. The molecule has 30 heavy (non-hydrogen) atoms. The van der Waals surface area contributed by atoms with Crippen molar-refractivity contribution < 1.29 is 18.4 Å².